The van der Waals surface area contributed by atoms with E-state index in [1.807, 2.05) is 28.8 Å². The van der Waals surface area contributed by atoms with E-state index in [-0.39, 0.29) is 30.1 Å². The molecule has 8 heteroatoms. The molecule has 1 aromatic heterocycles. The molecule has 0 radical (unpaired) electrons. The van der Waals surface area contributed by atoms with E-state index >= 15 is 0 Å². The number of piperidine rings is 1. The molecule has 8 nitrogen and oxygen atoms in total. The molecule has 0 spiro atoms. The first-order valence-corrected chi connectivity index (χ1v) is 14.6. The van der Waals surface area contributed by atoms with Crippen molar-refractivity contribution >= 4 is 22.7 Å². The summed E-state index contributed by atoms with van der Waals surface area (Å²) in [6.45, 7) is 0. The second kappa shape index (κ2) is 10.8. The first kappa shape index (κ1) is 25.5. The second-order valence-electron chi connectivity index (χ2n) is 12.1. The zero-order valence-corrected chi connectivity index (χ0v) is 22.4. The minimum atomic E-state index is -0.943. The summed E-state index contributed by atoms with van der Waals surface area (Å²) in [4.78, 5) is 37.9. The van der Waals surface area contributed by atoms with Gasteiger partial charge in [0, 0.05) is 30.6 Å². The minimum absolute atomic E-state index is 0.0945. The van der Waals surface area contributed by atoms with Crippen LogP contribution in [0.3, 0.4) is 0 Å². The lowest BCUT2D eigenvalue weighted by Crippen LogP contribution is -2.52. The summed E-state index contributed by atoms with van der Waals surface area (Å²) in [5, 5.41) is 13.3. The Balaban J connectivity index is 1.32. The van der Waals surface area contributed by atoms with Gasteiger partial charge >= 0.3 is 5.97 Å². The molecule has 2 aromatic rings. The van der Waals surface area contributed by atoms with Gasteiger partial charge in [0.25, 0.3) is 5.56 Å². The van der Waals surface area contributed by atoms with Crippen molar-refractivity contribution in [3.63, 3.8) is 0 Å². The Morgan fingerprint density at radius 3 is 2.29 bits per heavy atom. The number of aliphatic carboxylic acids is 1. The van der Waals surface area contributed by atoms with Gasteiger partial charge in [0.2, 0.25) is 0 Å². The highest BCUT2D eigenvalue weighted by atomic mass is 16.6. The first-order valence-electron chi connectivity index (χ1n) is 14.6. The number of carbonyl (C=O) groups is 1. The molecule has 4 fully saturated rings. The van der Waals surface area contributed by atoms with Crippen molar-refractivity contribution in [3.05, 3.63) is 40.3 Å². The molecule has 0 amide bonds. The molecule has 3 heterocycles. The fraction of sp³-hybridized carbons (Fsp3) is 0.667. The summed E-state index contributed by atoms with van der Waals surface area (Å²) >= 11 is 0. The number of carboxylic acids is 1. The summed E-state index contributed by atoms with van der Waals surface area (Å²) in [6, 6.07) is 9.62. The standard InChI is InChI=1S/C30H40N4O4/c1-38-32-26(12-13-28(35)36)29-30(37)34(27-9-5-4-8-25(27)31-29)24-17-21-10-11-22(18-24)33(21)23-15-19-6-2-3-7-20(14-19)16-23/h4-5,8-9,19-24H,2-3,6-7,10-18H2,1H3,(H,35,36)/t19?,20?,21-,22?,23?,24?/m0/s1. The van der Waals surface area contributed by atoms with E-state index in [1.165, 1.54) is 64.9 Å². The van der Waals surface area contributed by atoms with Gasteiger partial charge in [-0.3, -0.25) is 14.5 Å². The fourth-order valence-corrected chi connectivity index (χ4v) is 8.35. The van der Waals surface area contributed by atoms with Crippen LogP contribution in [0.4, 0.5) is 0 Å². The summed E-state index contributed by atoms with van der Waals surface area (Å²) in [6.07, 6.45) is 14.1. The maximum absolute atomic E-state index is 14.0. The number of nitrogens with zero attached hydrogens (tertiary/aromatic N) is 4. The molecule has 204 valence electrons. The van der Waals surface area contributed by atoms with Crippen LogP contribution in [-0.4, -0.2) is 56.5 Å². The number of hydrogen-bond acceptors (Lipinski definition) is 6. The van der Waals surface area contributed by atoms with E-state index in [1.54, 1.807) is 0 Å². The van der Waals surface area contributed by atoms with Crippen LogP contribution in [0.25, 0.3) is 11.0 Å². The van der Waals surface area contributed by atoms with Crippen molar-refractivity contribution in [2.24, 2.45) is 17.0 Å². The van der Waals surface area contributed by atoms with Crippen molar-refractivity contribution in [2.75, 3.05) is 7.11 Å². The van der Waals surface area contributed by atoms with E-state index in [4.69, 9.17) is 4.84 Å². The molecule has 2 saturated heterocycles. The number of benzene rings is 1. The van der Waals surface area contributed by atoms with E-state index in [0.717, 1.165) is 35.7 Å². The summed E-state index contributed by atoms with van der Waals surface area (Å²) in [7, 11) is 1.41. The SMILES string of the molecule is CON=C(CCC(=O)O)c1nc2ccccc2n(C2CC3CC[C@@H](C2)N3C2CC3CCCCC(C3)C2)c1=O. The van der Waals surface area contributed by atoms with Gasteiger partial charge in [-0.15, -0.1) is 0 Å². The maximum atomic E-state index is 14.0. The number of aromatic nitrogens is 2. The van der Waals surface area contributed by atoms with Gasteiger partial charge in [0.05, 0.1) is 17.5 Å². The molecular weight excluding hydrogens is 480 g/mol. The number of hydrogen-bond donors (Lipinski definition) is 1. The molecule has 4 aliphatic rings. The van der Waals surface area contributed by atoms with Crippen LogP contribution in [-0.2, 0) is 9.63 Å². The van der Waals surface area contributed by atoms with Crippen LogP contribution in [0.15, 0.2) is 34.2 Å². The van der Waals surface area contributed by atoms with Crippen LogP contribution in [0.5, 0.6) is 0 Å². The highest BCUT2D eigenvalue weighted by Crippen LogP contribution is 2.47. The molecule has 2 aliphatic heterocycles. The number of carboxylic acid groups (broad SMARTS) is 1. The predicted molar refractivity (Wildman–Crippen MR) is 146 cm³/mol. The smallest absolute Gasteiger partial charge is 0.303 e. The average Bonchev–Trinajstić information content (AvgIpc) is 3.06. The van der Waals surface area contributed by atoms with Crippen LogP contribution in [0, 0.1) is 11.8 Å². The van der Waals surface area contributed by atoms with Crippen LogP contribution < -0.4 is 5.56 Å². The van der Waals surface area contributed by atoms with Gasteiger partial charge in [-0.1, -0.05) is 43.0 Å². The van der Waals surface area contributed by atoms with Crippen LogP contribution in [0.2, 0.25) is 0 Å². The topological polar surface area (TPSA) is 97.0 Å². The maximum Gasteiger partial charge on any atom is 0.303 e. The third-order valence-electron chi connectivity index (χ3n) is 9.75. The molecule has 5 atom stereocenters. The van der Waals surface area contributed by atoms with Gasteiger partial charge in [-0.25, -0.2) is 4.98 Å². The van der Waals surface area contributed by atoms with Crippen molar-refractivity contribution in [3.8, 4) is 0 Å². The average molecular weight is 521 g/mol. The molecule has 4 bridgehead atoms. The Kier molecular flexibility index (Phi) is 7.25. The van der Waals surface area contributed by atoms with Crippen molar-refractivity contribution in [1.82, 2.24) is 14.5 Å². The normalized spacial score (nSPS) is 31.8. The summed E-state index contributed by atoms with van der Waals surface area (Å²) in [5.74, 6) is 0.857. The molecule has 2 saturated carbocycles. The van der Waals surface area contributed by atoms with Crippen molar-refractivity contribution in [2.45, 2.75) is 108 Å². The van der Waals surface area contributed by atoms with E-state index < -0.39 is 5.97 Å². The Hall–Kier alpha value is -2.74. The van der Waals surface area contributed by atoms with Gasteiger partial charge in [-0.2, -0.15) is 0 Å². The summed E-state index contributed by atoms with van der Waals surface area (Å²) in [5.41, 5.74) is 1.89. The third kappa shape index (κ3) is 4.88. The molecular formula is C30H40N4O4. The highest BCUT2D eigenvalue weighted by molar-refractivity contribution is 6.00. The minimum Gasteiger partial charge on any atom is -0.481 e. The van der Waals surface area contributed by atoms with Gasteiger partial charge in [0.15, 0.2) is 5.69 Å². The van der Waals surface area contributed by atoms with Gasteiger partial charge in [0.1, 0.15) is 12.8 Å². The van der Waals surface area contributed by atoms with E-state index in [0.29, 0.717) is 23.8 Å². The van der Waals surface area contributed by atoms with Crippen LogP contribution in [0.1, 0.15) is 95.2 Å². The fourth-order valence-electron chi connectivity index (χ4n) is 8.35. The summed E-state index contributed by atoms with van der Waals surface area (Å²) < 4.78 is 1.95. The van der Waals surface area contributed by atoms with E-state index in [9.17, 15) is 14.7 Å². The first-order chi connectivity index (χ1) is 18.5. The number of fused-ring (bicyclic) bond motifs is 5. The van der Waals surface area contributed by atoms with Crippen molar-refractivity contribution < 1.29 is 14.7 Å². The van der Waals surface area contributed by atoms with Gasteiger partial charge in [-0.05, 0) is 68.9 Å². The second-order valence-corrected chi connectivity index (χ2v) is 12.1. The Bertz CT molecular complexity index is 1240. The largest absolute Gasteiger partial charge is 0.481 e. The Labute approximate surface area is 224 Å². The Morgan fingerprint density at radius 1 is 0.947 bits per heavy atom. The van der Waals surface area contributed by atoms with Crippen LogP contribution >= 0.6 is 0 Å². The predicted octanol–water partition coefficient (Wildman–Crippen LogP) is 5.14. The molecule has 38 heavy (non-hydrogen) atoms. The third-order valence-corrected chi connectivity index (χ3v) is 9.75. The monoisotopic (exact) mass is 520 g/mol. The lowest BCUT2D eigenvalue weighted by Gasteiger charge is -2.48. The van der Waals surface area contributed by atoms with Crippen molar-refractivity contribution in [1.29, 1.82) is 0 Å². The lowest BCUT2D eigenvalue weighted by molar-refractivity contribution is -0.136. The molecule has 1 aromatic carbocycles. The molecule has 6 rings (SSSR count). The molecule has 4 unspecified atom stereocenters. The quantitative estimate of drug-likeness (QED) is 0.401. The van der Waals surface area contributed by atoms with Gasteiger partial charge < -0.3 is 14.5 Å². The lowest BCUT2D eigenvalue weighted by atomic mass is 9.76. The molecule has 1 N–H and O–H groups in total. The molecule has 2 aliphatic carbocycles. The highest BCUT2D eigenvalue weighted by Gasteiger charge is 2.47. The number of oxime groups is 1. The van der Waals surface area contributed by atoms with E-state index in [2.05, 4.69) is 15.0 Å². The zero-order chi connectivity index (χ0) is 26.2. The zero-order valence-electron chi connectivity index (χ0n) is 22.4. The number of para-hydroxylation sites is 2. The Morgan fingerprint density at radius 2 is 1.63 bits per heavy atom. The number of rotatable bonds is 7.